The van der Waals surface area contributed by atoms with Gasteiger partial charge in [0.05, 0.1) is 12.6 Å². The van der Waals surface area contributed by atoms with E-state index < -0.39 is 0 Å². The molecule has 4 heteroatoms. The molecule has 0 unspecified atom stereocenters. The summed E-state index contributed by atoms with van der Waals surface area (Å²) >= 11 is 6.21. The van der Waals surface area contributed by atoms with Crippen LogP contribution in [-0.2, 0) is 6.54 Å². The van der Waals surface area contributed by atoms with Crippen molar-refractivity contribution in [2.24, 2.45) is 0 Å². The molecular weight excluding hydrogens is 284 g/mol. The maximum atomic E-state index is 6.21. The van der Waals surface area contributed by atoms with Crippen LogP contribution < -0.4 is 10.1 Å². The first-order chi connectivity index (χ1) is 10.3. The number of hydrogen-bond acceptors (Lipinski definition) is 3. The summed E-state index contributed by atoms with van der Waals surface area (Å²) in [6, 6.07) is 15.6. The minimum atomic E-state index is 0.678. The van der Waals surface area contributed by atoms with E-state index in [0.29, 0.717) is 6.54 Å². The number of nitrogens with one attached hydrogen (secondary N) is 1. The maximum Gasteiger partial charge on any atom is 0.120 e. The molecule has 0 spiro atoms. The Labute approximate surface area is 128 Å². The molecule has 0 atom stereocenters. The van der Waals surface area contributed by atoms with E-state index in [2.05, 4.69) is 10.3 Å². The summed E-state index contributed by atoms with van der Waals surface area (Å²) in [5, 5.41) is 5.09. The number of pyridine rings is 1. The van der Waals surface area contributed by atoms with Crippen LogP contribution in [0.5, 0.6) is 5.75 Å². The average Bonchev–Trinajstić information content (AvgIpc) is 2.55. The minimum absolute atomic E-state index is 0.678. The largest absolute Gasteiger partial charge is 0.497 e. The van der Waals surface area contributed by atoms with Crippen LogP contribution in [0, 0.1) is 0 Å². The van der Waals surface area contributed by atoms with Crippen LogP contribution >= 0.6 is 11.6 Å². The van der Waals surface area contributed by atoms with E-state index in [-0.39, 0.29) is 0 Å². The van der Waals surface area contributed by atoms with E-state index in [9.17, 15) is 0 Å². The topological polar surface area (TPSA) is 34.1 Å². The van der Waals surface area contributed by atoms with Gasteiger partial charge in [-0.05, 0) is 35.9 Å². The van der Waals surface area contributed by atoms with Crippen molar-refractivity contribution >= 4 is 28.2 Å². The van der Waals surface area contributed by atoms with Crippen LogP contribution in [0.3, 0.4) is 0 Å². The fourth-order valence-electron chi connectivity index (χ4n) is 2.27. The molecule has 0 aliphatic heterocycles. The molecule has 0 bridgehead atoms. The molecule has 0 saturated heterocycles. The predicted molar refractivity (Wildman–Crippen MR) is 87.1 cm³/mol. The molecule has 1 aromatic heterocycles. The molecule has 2 aromatic carbocycles. The molecular formula is C17H15ClN2O. The standard InChI is InChI=1S/C17H15ClN2O/c1-21-14-5-2-4-13(10-14)20-11-12-7-8-16(18)15-6-3-9-19-17(12)15/h2-10,20H,11H2,1H3. The first-order valence-corrected chi connectivity index (χ1v) is 7.06. The summed E-state index contributed by atoms with van der Waals surface area (Å²) in [7, 11) is 1.66. The maximum absolute atomic E-state index is 6.21. The van der Waals surface area contributed by atoms with E-state index in [0.717, 1.165) is 32.9 Å². The Bertz CT molecular complexity index is 774. The number of hydrogen-bond donors (Lipinski definition) is 1. The molecule has 0 aliphatic rings. The summed E-state index contributed by atoms with van der Waals surface area (Å²) in [5.41, 5.74) is 3.05. The van der Waals surface area contributed by atoms with Gasteiger partial charge in [-0.1, -0.05) is 23.7 Å². The molecule has 0 amide bonds. The monoisotopic (exact) mass is 298 g/mol. The summed E-state index contributed by atoms with van der Waals surface area (Å²) < 4.78 is 5.22. The molecule has 0 saturated carbocycles. The summed E-state index contributed by atoms with van der Waals surface area (Å²) in [6.45, 7) is 0.678. The van der Waals surface area contributed by atoms with Crippen molar-refractivity contribution < 1.29 is 4.74 Å². The first-order valence-electron chi connectivity index (χ1n) is 6.68. The van der Waals surface area contributed by atoms with Gasteiger partial charge in [0, 0.05) is 34.9 Å². The third-order valence-electron chi connectivity index (χ3n) is 3.35. The Morgan fingerprint density at radius 3 is 2.90 bits per heavy atom. The number of nitrogens with zero attached hydrogens (tertiary/aromatic N) is 1. The molecule has 1 heterocycles. The van der Waals surface area contributed by atoms with Crippen LogP contribution in [0.2, 0.25) is 5.02 Å². The van der Waals surface area contributed by atoms with Crippen molar-refractivity contribution in [3.8, 4) is 5.75 Å². The molecule has 21 heavy (non-hydrogen) atoms. The second-order valence-corrected chi connectivity index (χ2v) is 5.10. The van der Waals surface area contributed by atoms with Crippen LogP contribution in [0.25, 0.3) is 10.9 Å². The second kappa shape index (κ2) is 6.02. The third-order valence-corrected chi connectivity index (χ3v) is 3.68. The van der Waals surface area contributed by atoms with Gasteiger partial charge in [0.15, 0.2) is 0 Å². The normalized spacial score (nSPS) is 10.6. The van der Waals surface area contributed by atoms with Crippen LogP contribution in [0.15, 0.2) is 54.7 Å². The van der Waals surface area contributed by atoms with E-state index >= 15 is 0 Å². The summed E-state index contributed by atoms with van der Waals surface area (Å²) in [4.78, 5) is 4.44. The lowest BCUT2D eigenvalue weighted by molar-refractivity contribution is 0.415. The smallest absolute Gasteiger partial charge is 0.120 e. The van der Waals surface area contributed by atoms with Gasteiger partial charge in [-0.2, -0.15) is 0 Å². The molecule has 0 radical (unpaired) electrons. The van der Waals surface area contributed by atoms with E-state index in [1.807, 2.05) is 48.5 Å². The van der Waals surface area contributed by atoms with Crippen molar-refractivity contribution in [2.45, 2.75) is 6.54 Å². The van der Waals surface area contributed by atoms with Crippen molar-refractivity contribution in [1.29, 1.82) is 0 Å². The molecule has 3 nitrogen and oxygen atoms in total. The number of halogens is 1. The van der Waals surface area contributed by atoms with E-state index in [4.69, 9.17) is 16.3 Å². The highest BCUT2D eigenvalue weighted by molar-refractivity contribution is 6.35. The lowest BCUT2D eigenvalue weighted by Gasteiger charge is -2.10. The van der Waals surface area contributed by atoms with Gasteiger partial charge in [-0.15, -0.1) is 0 Å². The predicted octanol–water partition coefficient (Wildman–Crippen LogP) is 4.51. The second-order valence-electron chi connectivity index (χ2n) is 4.69. The number of methoxy groups -OCH3 is 1. The number of benzene rings is 2. The van der Waals surface area contributed by atoms with Crippen molar-refractivity contribution in [3.05, 3.63) is 65.3 Å². The molecule has 1 N–H and O–H groups in total. The van der Waals surface area contributed by atoms with Crippen molar-refractivity contribution in [1.82, 2.24) is 4.98 Å². The van der Waals surface area contributed by atoms with Crippen LogP contribution in [0.4, 0.5) is 5.69 Å². The van der Waals surface area contributed by atoms with E-state index in [1.54, 1.807) is 13.3 Å². The molecule has 0 fully saturated rings. The van der Waals surface area contributed by atoms with Crippen LogP contribution in [-0.4, -0.2) is 12.1 Å². The van der Waals surface area contributed by atoms with Gasteiger partial charge in [0.1, 0.15) is 5.75 Å². The lowest BCUT2D eigenvalue weighted by Crippen LogP contribution is -2.01. The van der Waals surface area contributed by atoms with Crippen molar-refractivity contribution in [2.75, 3.05) is 12.4 Å². The highest BCUT2D eigenvalue weighted by Crippen LogP contribution is 2.25. The lowest BCUT2D eigenvalue weighted by atomic mass is 10.1. The Kier molecular flexibility index (Phi) is 3.93. The highest BCUT2D eigenvalue weighted by Gasteiger charge is 2.05. The molecule has 3 aromatic rings. The van der Waals surface area contributed by atoms with Gasteiger partial charge in [-0.3, -0.25) is 4.98 Å². The quantitative estimate of drug-likeness (QED) is 0.769. The molecule has 3 rings (SSSR count). The zero-order valence-electron chi connectivity index (χ0n) is 11.6. The van der Waals surface area contributed by atoms with Crippen molar-refractivity contribution in [3.63, 3.8) is 0 Å². The fraction of sp³-hybridized carbons (Fsp3) is 0.118. The van der Waals surface area contributed by atoms with Crippen LogP contribution in [0.1, 0.15) is 5.56 Å². The van der Waals surface area contributed by atoms with Gasteiger partial charge >= 0.3 is 0 Å². The average molecular weight is 299 g/mol. The zero-order valence-corrected chi connectivity index (χ0v) is 12.4. The SMILES string of the molecule is COc1cccc(NCc2ccc(Cl)c3cccnc23)c1. The number of aromatic nitrogens is 1. The number of anilines is 1. The van der Waals surface area contributed by atoms with Gasteiger partial charge in [0.25, 0.3) is 0 Å². The molecule has 106 valence electrons. The third kappa shape index (κ3) is 2.93. The van der Waals surface area contributed by atoms with Gasteiger partial charge in [-0.25, -0.2) is 0 Å². The van der Waals surface area contributed by atoms with E-state index in [1.165, 1.54) is 0 Å². The summed E-state index contributed by atoms with van der Waals surface area (Å²) in [6.07, 6.45) is 1.79. The Balaban J connectivity index is 1.87. The van der Waals surface area contributed by atoms with Gasteiger partial charge in [0.2, 0.25) is 0 Å². The zero-order chi connectivity index (χ0) is 14.7. The highest BCUT2D eigenvalue weighted by atomic mass is 35.5. The fourth-order valence-corrected chi connectivity index (χ4v) is 2.48. The first kappa shape index (κ1) is 13.7. The minimum Gasteiger partial charge on any atom is -0.497 e. The number of ether oxygens (including phenoxy) is 1. The Hall–Kier alpha value is -2.26. The molecule has 0 aliphatic carbocycles. The number of rotatable bonds is 4. The summed E-state index contributed by atoms with van der Waals surface area (Å²) in [5.74, 6) is 0.832. The Morgan fingerprint density at radius 2 is 2.05 bits per heavy atom. The van der Waals surface area contributed by atoms with Gasteiger partial charge < -0.3 is 10.1 Å². The Morgan fingerprint density at radius 1 is 1.14 bits per heavy atom. The number of fused-ring (bicyclic) bond motifs is 1.